The van der Waals surface area contributed by atoms with E-state index in [4.69, 9.17) is 0 Å². The average molecular weight is 298 g/mol. The Labute approximate surface area is 123 Å². The summed E-state index contributed by atoms with van der Waals surface area (Å²) in [6.07, 6.45) is 2.31. The van der Waals surface area contributed by atoms with E-state index in [0.29, 0.717) is 24.6 Å². The fourth-order valence-corrected chi connectivity index (χ4v) is 5.18. The fourth-order valence-electron chi connectivity index (χ4n) is 3.76. The van der Waals surface area contributed by atoms with Crippen LogP contribution in [0, 0.1) is 5.92 Å². The number of hydrogen-bond donors (Lipinski definition) is 1. The predicted molar refractivity (Wildman–Crippen MR) is 77.1 cm³/mol. The lowest BCUT2D eigenvalue weighted by Crippen LogP contribution is -2.53. The summed E-state index contributed by atoms with van der Waals surface area (Å²) in [4.78, 5) is 28.3. The molecule has 3 fully saturated rings. The monoisotopic (exact) mass is 298 g/mol. The maximum atomic E-state index is 12.8. The van der Waals surface area contributed by atoms with E-state index in [1.807, 2.05) is 0 Å². The number of carbonyl (C=O) groups is 2. The second-order valence-electron chi connectivity index (χ2n) is 6.31. The zero-order valence-corrected chi connectivity index (χ0v) is 12.9. The highest BCUT2D eigenvalue weighted by atomic mass is 32.2. The van der Waals surface area contributed by atoms with Crippen molar-refractivity contribution >= 4 is 23.6 Å². The molecule has 3 heterocycles. The normalized spacial score (nSPS) is 40.5. The summed E-state index contributed by atoms with van der Waals surface area (Å²) in [6.45, 7) is 4.85. The van der Waals surface area contributed by atoms with E-state index in [0.717, 1.165) is 12.8 Å². The molecule has 4 atom stereocenters. The standard InChI is InChI=1S/C14H22N2O3S/c1-9-4-6-15(10(9)7-17)13(19)11-8-20-14(2)5-3-12(18)16(11)14/h9-11,17H,3-8H2,1-2H3. The van der Waals surface area contributed by atoms with Crippen molar-refractivity contribution in [2.45, 2.75) is 50.1 Å². The minimum absolute atomic E-state index is 0.0119. The molecule has 112 valence electrons. The maximum Gasteiger partial charge on any atom is 0.246 e. The van der Waals surface area contributed by atoms with Gasteiger partial charge in [0.15, 0.2) is 0 Å². The second-order valence-corrected chi connectivity index (χ2v) is 7.81. The molecule has 3 saturated heterocycles. The Hall–Kier alpha value is -0.750. The first kappa shape index (κ1) is 14.2. The third-order valence-electron chi connectivity index (χ3n) is 5.08. The molecule has 3 aliphatic rings. The molecular weight excluding hydrogens is 276 g/mol. The number of nitrogens with zero attached hydrogens (tertiary/aromatic N) is 2. The molecule has 5 nitrogen and oxygen atoms in total. The molecule has 20 heavy (non-hydrogen) atoms. The van der Waals surface area contributed by atoms with E-state index in [2.05, 4.69) is 13.8 Å². The number of likely N-dealkylation sites (tertiary alicyclic amines) is 1. The molecule has 1 N–H and O–H groups in total. The van der Waals surface area contributed by atoms with Crippen LogP contribution < -0.4 is 0 Å². The van der Waals surface area contributed by atoms with E-state index in [1.54, 1.807) is 21.6 Å². The number of amides is 2. The summed E-state index contributed by atoms with van der Waals surface area (Å²) in [5, 5.41) is 9.51. The third-order valence-corrected chi connectivity index (χ3v) is 6.59. The number of rotatable bonds is 2. The molecule has 6 heteroatoms. The van der Waals surface area contributed by atoms with Crippen molar-refractivity contribution in [2.75, 3.05) is 18.9 Å². The molecule has 0 saturated carbocycles. The molecule has 0 aromatic rings. The SMILES string of the molecule is CC1CCN(C(=O)C2CSC3(C)CCC(=O)N23)C1CO. The first-order valence-corrected chi connectivity index (χ1v) is 8.34. The largest absolute Gasteiger partial charge is 0.394 e. The summed E-state index contributed by atoms with van der Waals surface area (Å²) in [5.74, 6) is 1.14. The summed E-state index contributed by atoms with van der Waals surface area (Å²) >= 11 is 1.72. The van der Waals surface area contributed by atoms with Crippen LogP contribution in [-0.4, -0.2) is 62.6 Å². The number of aliphatic hydroxyl groups excluding tert-OH is 1. The highest BCUT2D eigenvalue weighted by molar-refractivity contribution is 8.01. The Morgan fingerprint density at radius 2 is 2.30 bits per heavy atom. The van der Waals surface area contributed by atoms with Crippen LogP contribution in [0.3, 0.4) is 0 Å². The van der Waals surface area contributed by atoms with Crippen LogP contribution in [0.1, 0.15) is 33.1 Å². The summed E-state index contributed by atoms with van der Waals surface area (Å²) < 4.78 is 0. The Morgan fingerprint density at radius 3 is 3.00 bits per heavy atom. The number of thioether (sulfide) groups is 1. The molecule has 0 aromatic carbocycles. The van der Waals surface area contributed by atoms with Crippen LogP contribution in [0.2, 0.25) is 0 Å². The van der Waals surface area contributed by atoms with Crippen molar-refractivity contribution in [3.8, 4) is 0 Å². The maximum absolute atomic E-state index is 12.8. The van der Waals surface area contributed by atoms with Crippen LogP contribution >= 0.6 is 11.8 Å². The van der Waals surface area contributed by atoms with Crippen LogP contribution in [0.25, 0.3) is 0 Å². The van der Waals surface area contributed by atoms with E-state index in [1.165, 1.54) is 0 Å². The predicted octanol–water partition coefficient (Wildman–Crippen LogP) is 0.670. The van der Waals surface area contributed by atoms with Crippen LogP contribution in [0.15, 0.2) is 0 Å². The quantitative estimate of drug-likeness (QED) is 0.814. The second kappa shape index (κ2) is 4.91. The van der Waals surface area contributed by atoms with Crippen molar-refractivity contribution in [3.63, 3.8) is 0 Å². The zero-order chi connectivity index (χ0) is 14.5. The van der Waals surface area contributed by atoms with E-state index in [-0.39, 0.29) is 35.4 Å². The Kier molecular flexibility index (Phi) is 3.49. The molecule has 0 aromatic heterocycles. The van der Waals surface area contributed by atoms with Gasteiger partial charge in [0, 0.05) is 18.7 Å². The first-order chi connectivity index (χ1) is 9.48. The van der Waals surface area contributed by atoms with Gasteiger partial charge in [-0.25, -0.2) is 0 Å². The minimum Gasteiger partial charge on any atom is -0.394 e. The van der Waals surface area contributed by atoms with Gasteiger partial charge in [-0.2, -0.15) is 0 Å². The summed E-state index contributed by atoms with van der Waals surface area (Å²) in [5.41, 5.74) is 0. The van der Waals surface area contributed by atoms with Gasteiger partial charge in [0.2, 0.25) is 11.8 Å². The van der Waals surface area contributed by atoms with E-state index < -0.39 is 0 Å². The fraction of sp³-hybridized carbons (Fsp3) is 0.857. The van der Waals surface area contributed by atoms with Gasteiger partial charge in [-0.15, -0.1) is 11.8 Å². The molecule has 4 unspecified atom stereocenters. The number of aliphatic hydroxyl groups is 1. The minimum atomic E-state index is -0.334. The van der Waals surface area contributed by atoms with Gasteiger partial charge in [0.25, 0.3) is 0 Å². The molecule has 0 radical (unpaired) electrons. The number of carbonyl (C=O) groups excluding carboxylic acids is 2. The first-order valence-electron chi connectivity index (χ1n) is 7.35. The highest BCUT2D eigenvalue weighted by Crippen LogP contribution is 2.47. The Balaban J connectivity index is 1.80. The van der Waals surface area contributed by atoms with Gasteiger partial charge in [-0.1, -0.05) is 6.92 Å². The van der Waals surface area contributed by atoms with Gasteiger partial charge < -0.3 is 14.9 Å². The van der Waals surface area contributed by atoms with Crippen molar-refractivity contribution < 1.29 is 14.7 Å². The van der Waals surface area contributed by atoms with E-state index in [9.17, 15) is 14.7 Å². The van der Waals surface area contributed by atoms with Crippen LogP contribution in [0.5, 0.6) is 0 Å². The molecule has 2 amide bonds. The molecular formula is C14H22N2O3S. The number of fused-ring (bicyclic) bond motifs is 1. The highest BCUT2D eigenvalue weighted by Gasteiger charge is 2.54. The van der Waals surface area contributed by atoms with Crippen molar-refractivity contribution in [2.24, 2.45) is 5.92 Å². The molecule has 3 aliphatic heterocycles. The summed E-state index contributed by atoms with van der Waals surface area (Å²) in [7, 11) is 0. The van der Waals surface area contributed by atoms with Crippen molar-refractivity contribution in [3.05, 3.63) is 0 Å². The van der Waals surface area contributed by atoms with Gasteiger partial charge in [-0.05, 0) is 25.7 Å². The lowest BCUT2D eigenvalue weighted by molar-refractivity contribution is -0.145. The van der Waals surface area contributed by atoms with Gasteiger partial charge in [0.05, 0.1) is 17.5 Å². The van der Waals surface area contributed by atoms with Crippen LogP contribution in [0.4, 0.5) is 0 Å². The smallest absolute Gasteiger partial charge is 0.246 e. The third kappa shape index (κ3) is 1.96. The van der Waals surface area contributed by atoms with Gasteiger partial charge in [-0.3, -0.25) is 9.59 Å². The molecule has 0 bridgehead atoms. The van der Waals surface area contributed by atoms with Crippen LogP contribution in [-0.2, 0) is 9.59 Å². The van der Waals surface area contributed by atoms with Gasteiger partial charge >= 0.3 is 0 Å². The van der Waals surface area contributed by atoms with Crippen molar-refractivity contribution in [1.29, 1.82) is 0 Å². The number of hydrogen-bond acceptors (Lipinski definition) is 4. The summed E-state index contributed by atoms with van der Waals surface area (Å²) in [6, 6.07) is -0.420. The van der Waals surface area contributed by atoms with Crippen molar-refractivity contribution in [1.82, 2.24) is 9.80 Å². The molecule has 0 aliphatic carbocycles. The van der Waals surface area contributed by atoms with Gasteiger partial charge in [0.1, 0.15) is 6.04 Å². The van der Waals surface area contributed by atoms with E-state index >= 15 is 0 Å². The molecule has 3 rings (SSSR count). The molecule has 0 spiro atoms. The zero-order valence-electron chi connectivity index (χ0n) is 12.0. The lowest BCUT2D eigenvalue weighted by Gasteiger charge is -2.34. The Bertz CT molecular complexity index is 444. The lowest BCUT2D eigenvalue weighted by atomic mass is 10.0. The average Bonchev–Trinajstić information content (AvgIpc) is 3.03. The Morgan fingerprint density at radius 1 is 1.55 bits per heavy atom. The topological polar surface area (TPSA) is 60.9 Å².